The molecule has 0 aromatic carbocycles. The van der Waals surface area contributed by atoms with Gasteiger partial charge in [-0.3, -0.25) is 0 Å². The number of halogens is 2. The summed E-state index contributed by atoms with van der Waals surface area (Å²) in [7, 11) is -1.04. The van der Waals surface area contributed by atoms with Crippen molar-refractivity contribution in [2.45, 2.75) is 33.5 Å². The van der Waals surface area contributed by atoms with Crippen LogP contribution in [0.3, 0.4) is 0 Å². The van der Waals surface area contributed by atoms with E-state index in [9.17, 15) is 0 Å². The van der Waals surface area contributed by atoms with Gasteiger partial charge in [0.05, 0.1) is 8.07 Å². The molecule has 0 N–H and O–H groups in total. The maximum Gasteiger partial charge on any atom is 0.0853 e. The lowest BCUT2D eigenvalue weighted by molar-refractivity contribution is 0.796. The molecule has 0 saturated carbocycles. The predicted octanol–water partition coefficient (Wildman–Crippen LogP) is 4.64. The Morgan fingerprint density at radius 3 is 2.00 bits per heavy atom. The molecule has 0 heterocycles. The van der Waals surface area contributed by atoms with Crippen LogP contribution in [0.1, 0.15) is 13.8 Å². The highest BCUT2D eigenvalue weighted by atomic mass is 127. The second-order valence-corrected chi connectivity index (χ2v) is 12.3. The first-order chi connectivity index (χ1) is 5.30. The highest BCUT2D eigenvalue weighted by Gasteiger charge is 2.20. The monoisotopic (exact) mass is 408 g/mol. The summed E-state index contributed by atoms with van der Waals surface area (Å²) in [5, 5.41) is 0. The minimum absolute atomic E-state index is 0.754. The van der Waals surface area contributed by atoms with Crippen molar-refractivity contribution in [3.63, 3.8) is 0 Å². The summed E-state index contributed by atoms with van der Waals surface area (Å²) in [5.74, 6) is 0.754. The Bertz CT molecular complexity index is 179. The van der Waals surface area contributed by atoms with Gasteiger partial charge in [-0.15, -0.1) is 0 Å². The molecule has 0 fully saturated rings. The van der Waals surface area contributed by atoms with E-state index in [1.54, 1.807) is 8.78 Å². The van der Waals surface area contributed by atoms with Gasteiger partial charge in [-0.1, -0.05) is 77.3 Å². The molecular formula is C9H18I2Si. The molecule has 0 nitrogen and oxygen atoms in total. The zero-order valence-corrected chi connectivity index (χ0v) is 13.9. The summed E-state index contributed by atoms with van der Waals surface area (Å²) in [6.07, 6.45) is 0. The first-order valence-corrected chi connectivity index (χ1v) is 10.3. The third-order valence-electron chi connectivity index (χ3n) is 1.98. The minimum atomic E-state index is -1.04. The fraction of sp³-hybridized carbons (Fsp3) is 0.778. The molecule has 0 aliphatic rings. The lowest BCUT2D eigenvalue weighted by Crippen LogP contribution is -2.23. The van der Waals surface area contributed by atoms with Crippen LogP contribution in [0.5, 0.6) is 0 Å². The van der Waals surface area contributed by atoms with Crippen LogP contribution in [0.4, 0.5) is 0 Å². The molecule has 0 aliphatic heterocycles. The lowest BCUT2D eigenvalue weighted by atomic mass is 10.1. The van der Waals surface area contributed by atoms with E-state index in [1.165, 1.54) is 4.43 Å². The van der Waals surface area contributed by atoms with E-state index in [0.717, 1.165) is 5.92 Å². The highest BCUT2D eigenvalue weighted by Crippen LogP contribution is 2.29. The second kappa shape index (κ2) is 5.34. The standard InChI is InChI=1S/C9H18I2Si/c1-7(6-10)8(2)9(11)12(3,4)5/h7H,6H2,1-5H3/b9-8+. The Morgan fingerprint density at radius 2 is 1.75 bits per heavy atom. The first kappa shape index (κ1) is 13.4. The summed E-state index contributed by atoms with van der Waals surface area (Å²) in [5.41, 5.74) is 1.61. The van der Waals surface area contributed by atoms with Crippen molar-refractivity contribution >= 4 is 53.3 Å². The van der Waals surface area contributed by atoms with Crippen LogP contribution in [0.2, 0.25) is 19.6 Å². The molecule has 72 valence electrons. The van der Waals surface area contributed by atoms with Gasteiger partial charge >= 0.3 is 0 Å². The SMILES string of the molecule is C/C(=C(/I)[Si](C)(C)C)C(C)CI. The summed E-state index contributed by atoms with van der Waals surface area (Å²) in [6.45, 7) is 11.9. The van der Waals surface area contributed by atoms with Gasteiger partial charge in [0.25, 0.3) is 0 Å². The van der Waals surface area contributed by atoms with Crippen molar-refractivity contribution in [1.29, 1.82) is 0 Å². The fourth-order valence-corrected chi connectivity index (χ4v) is 3.55. The third-order valence-corrected chi connectivity index (χ3v) is 10.7. The average molecular weight is 408 g/mol. The Kier molecular flexibility index (Phi) is 5.97. The molecule has 1 atom stereocenters. The molecule has 0 spiro atoms. The van der Waals surface area contributed by atoms with E-state index in [0.29, 0.717) is 0 Å². The Hall–Kier alpha value is 1.42. The van der Waals surface area contributed by atoms with Crippen molar-refractivity contribution in [2.24, 2.45) is 5.92 Å². The number of rotatable bonds is 3. The van der Waals surface area contributed by atoms with E-state index in [1.807, 2.05) is 0 Å². The summed E-state index contributed by atoms with van der Waals surface area (Å²) in [6, 6.07) is 0. The van der Waals surface area contributed by atoms with Gasteiger partial charge in [0, 0.05) is 4.43 Å². The minimum Gasteiger partial charge on any atom is -0.0857 e. The van der Waals surface area contributed by atoms with Gasteiger partial charge in [0.15, 0.2) is 0 Å². The lowest BCUT2D eigenvalue weighted by Gasteiger charge is -2.21. The van der Waals surface area contributed by atoms with E-state index < -0.39 is 8.07 Å². The maximum absolute atomic E-state index is 2.55. The average Bonchev–Trinajstić information content (AvgIpc) is 1.98. The molecular weight excluding hydrogens is 390 g/mol. The van der Waals surface area contributed by atoms with E-state index in [4.69, 9.17) is 0 Å². The molecule has 1 unspecified atom stereocenters. The molecule has 0 amide bonds. The largest absolute Gasteiger partial charge is 0.0857 e. The van der Waals surface area contributed by atoms with Crippen LogP contribution in [-0.4, -0.2) is 12.5 Å². The van der Waals surface area contributed by atoms with Gasteiger partial charge in [0.2, 0.25) is 0 Å². The molecule has 0 aromatic rings. The molecule has 0 aliphatic carbocycles. The fourth-order valence-electron chi connectivity index (χ4n) is 0.924. The highest BCUT2D eigenvalue weighted by molar-refractivity contribution is 14.1. The van der Waals surface area contributed by atoms with Crippen LogP contribution >= 0.6 is 45.2 Å². The van der Waals surface area contributed by atoms with Crippen LogP contribution in [-0.2, 0) is 0 Å². The Morgan fingerprint density at radius 1 is 1.33 bits per heavy atom. The van der Waals surface area contributed by atoms with Gasteiger partial charge in [0.1, 0.15) is 0 Å². The van der Waals surface area contributed by atoms with E-state index in [-0.39, 0.29) is 0 Å². The normalized spacial score (nSPS) is 17.2. The van der Waals surface area contributed by atoms with Crippen LogP contribution in [0.15, 0.2) is 8.78 Å². The molecule has 0 aromatic heterocycles. The molecule has 0 bridgehead atoms. The zero-order valence-electron chi connectivity index (χ0n) is 8.54. The van der Waals surface area contributed by atoms with Crippen LogP contribution in [0, 0.1) is 5.92 Å². The Balaban J connectivity index is 4.69. The van der Waals surface area contributed by atoms with Crippen molar-refractivity contribution < 1.29 is 0 Å². The number of hydrogen-bond donors (Lipinski definition) is 0. The van der Waals surface area contributed by atoms with Gasteiger partial charge in [-0.05, 0) is 16.0 Å². The molecule has 0 radical (unpaired) electrons. The number of hydrogen-bond acceptors (Lipinski definition) is 0. The second-order valence-electron chi connectivity index (χ2n) is 4.30. The maximum atomic E-state index is 2.55. The first-order valence-electron chi connectivity index (χ1n) is 4.23. The van der Waals surface area contributed by atoms with Crippen molar-refractivity contribution in [3.05, 3.63) is 8.78 Å². The summed E-state index contributed by atoms with van der Waals surface area (Å²) in [4.78, 5) is 0. The quantitative estimate of drug-likeness (QED) is 0.363. The van der Waals surface area contributed by atoms with Crippen molar-refractivity contribution in [3.8, 4) is 0 Å². The molecule has 0 saturated heterocycles. The zero-order chi connectivity index (χ0) is 9.94. The number of alkyl halides is 1. The summed E-state index contributed by atoms with van der Waals surface area (Å²) < 4.78 is 2.89. The number of allylic oxidation sites excluding steroid dienone is 1. The molecule has 0 rings (SSSR count). The molecule has 3 heteroatoms. The van der Waals surface area contributed by atoms with Gasteiger partial charge in [-0.25, -0.2) is 0 Å². The van der Waals surface area contributed by atoms with Crippen LogP contribution in [0.25, 0.3) is 0 Å². The van der Waals surface area contributed by atoms with E-state index in [2.05, 4.69) is 78.7 Å². The van der Waals surface area contributed by atoms with Gasteiger partial charge < -0.3 is 0 Å². The third kappa shape index (κ3) is 4.08. The van der Waals surface area contributed by atoms with Crippen molar-refractivity contribution in [1.82, 2.24) is 0 Å². The smallest absolute Gasteiger partial charge is 0.0853 e. The molecule has 12 heavy (non-hydrogen) atoms. The summed E-state index contributed by atoms with van der Waals surface area (Å²) >= 11 is 5.02. The van der Waals surface area contributed by atoms with E-state index >= 15 is 0 Å². The van der Waals surface area contributed by atoms with Gasteiger partial charge in [-0.2, -0.15) is 0 Å². The van der Waals surface area contributed by atoms with Crippen LogP contribution < -0.4 is 0 Å². The topological polar surface area (TPSA) is 0 Å². The predicted molar refractivity (Wildman–Crippen MR) is 78.1 cm³/mol. The van der Waals surface area contributed by atoms with Crippen molar-refractivity contribution in [2.75, 3.05) is 4.43 Å². The Labute approximate surface area is 105 Å².